The molecule has 0 radical (unpaired) electrons. The van der Waals surface area contributed by atoms with Gasteiger partial charge in [0.1, 0.15) is 11.9 Å². The lowest BCUT2D eigenvalue weighted by Gasteiger charge is -1.81. The van der Waals surface area contributed by atoms with E-state index in [1.54, 1.807) is 6.26 Å². The van der Waals surface area contributed by atoms with Gasteiger partial charge >= 0.3 is 0 Å². The summed E-state index contributed by atoms with van der Waals surface area (Å²) < 4.78 is 10.3. The van der Waals surface area contributed by atoms with Crippen LogP contribution in [0.15, 0.2) is 22.8 Å². The largest absolute Gasteiger partial charge is 0.466 e. The van der Waals surface area contributed by atoms with Gasteiger partial charge in [0.05, 0.1) is 12.4 Å². The smallest absolute Gasteiger partial charge is 0.141 e. The summed E-state index contributed by atoms with van der Waals surface area (Å²) in [6, 6.07) is 3.82. The minimum absolute atomic E-state index is 0.236. The normalized spacial score (nSPS) is 32.6. The Morgan fingerprint density at radius 1 is 1.56 bits per heavy atom. The topological polar surface area (TPSA) is 25.7 Å². The van der Waals surface area contributed by atoms with E-state index in [1.165, 1.54) is 0 Å². The average molecular weight is 124 g/mol. The molecule has 0 spiro atoms. The summed E-state index contributed by atoms with van der Waals surface area (Å²) in [5, 5.41) is 0. The summed E-state index contributed by atoms with van der Waals surface area (Å²) in [6.45, 7) is 2.03. The van der Waals surface area contributed by atoms with Gasteiger partial charge < -0.3 is 9.15 Å². The molecule has 1 saturated heterocycles. The second kappa shape index (κ2) is 1.61. The van der Waals surface area contributed by atoms with Crippen molar-refractivity contribution in [3.8, 4) is 0 Å². The van der Waals surface area contributed by atoms with Gasteiger partial charge in [0, 0.05) is 0 Å². The van der Waals surface area contributed by atoms with Crippen molar-refractivity contribution < 1.29 is 9.15 Å². The third-order valence-corrected chi connectivity index (χ3v) is 1.53. The van der Waals surface area contributed by atoms with Crippen molar-refractivity contribution in [1.82, 2.24) is 0 Å². The van der Waals surface area contributed by atoms with Crippen molar-refractivity contribution in [2.75, 3.05) is 0 Å². The first-order valence-electron chi connectivity index (χ1n) is 3.07. The first-order chi connectivity index (χ1) is 4.38. The summed E-state index contributed by atoms with van der Waals surface area (Å²) in [5.74, 6) is 0.947. The van der Waals surface area contributed by atoms with Crippen LogP contribution in [0, 0.1) is 0 Å². The van der Waals surface area contributed by atoms with Crippen molar-refractivity contribution in [3.63, 3.8) is 0 Å². The molecular weight excluding hydrogens is 116 g/mol. The Morgan fingerprint density at radius 2 is 2.33 bits per heavy atom. The molecule has 0 N–H and O–H groups in total. The van der Waals surface area contributed by atoms with Crippen LogP contribution in [0.4, 0.5) is 0 Å². The highest BCUT2D eigenvalue weighted by Gasteiger charge is 2.37. The van der Waals surface area contributed by atoms with E-state index in [2.05, 4.69) is 0 Å². The van der Waals surface area contributed by atoms with Crippen molar-refractivity contribution in [1.29, 1.82) is 0 Å². The summed E-state index contributed by atoms with van der Waals surface area (Å²) in [4.78, 5) is 0. The molecule has 1 aliphatic heterocycles. The molecule has 2 nitrogen and oxygen atoms in total. The molecule has 2 heteroatoms. The van der Waals surface area contributed by atoms with Crippen LogP contribution in [0.25, 0.3) is 0 Å². The molecule has 0 saturated carbocycles. The molecule has 2 heterocycles. The highest BCUT2D eigenvalue weighted by molar-refractivity contribution is 5.08. The van der Waals surface area contributed by atoms with E-state index in [9.17, 15) is 0 Å². The summed E-state index contributed by atoms with van der Waals surface area (Å²) in [6.07, 6.45) is 2.26. The molecule has 0 aromatic carbocycles. The number of epoxide rings is 1. The van der Waals surface area contributed by atoms with Crippen LogP contribution < -0.4 is 0 Å². The van der Waals surface area contributed by atoms with Crippen LogP contribution in [-0.2, 0) is 4.74 Å². The number of ether oxygens (including phenoxy) is 1. The molecule has 9 heavy (non-hydrogen) atoms. The summed E-state index contributed by atoms with van der Waals surface area (Å²) in [7, 11) is 0. The first kappa shape index (κ1) is 5.06. The van der Waals surface area contributed by atoms with Crippen molar-refractivity contribution in [3.05, 3.63) is 24.2 Å². The van der Waals surface area contributed by atoms with Crippen molar-refractivity contribution in [2.45, 2.75) is 19.1 Å². The molecule has 0 amide bonds. The van der Waals surface area contributed by atoms with Crippen LogP contribution in [-0.4, -0.2) is 6.10 Å². The number of hydrogen-bond acceptors (Lipinski definition) is 2. The fraction of sp³-hybridized carbons (Fsp3) is 0.429. The van der Waals surface area contributed by atoms with E-state index in [1.807, 2.05) is 19.1 Å². The number of rotatable bonds is 1. The Hall–Kier alpha value is -0.760. The molecular formula is C7H8O2. The summed E-state index contributed by atoms with van der Waals surface area (Å²) >= 11 is 0. The van der Waals surface area contributed by atoms with Gasteiger partial charge in [0.25, 0.3) is 0 Å². The van der Waals surface area contributed by atoms with E-state index in [0.717, 1.165) is 5.76 Å². The monoisotopic (exact) mass is 124 g/mol. The standard InChI is InChI=1S/C7H8O2/c1-5-7(9-5)6-3-2-4-8-6/h2-5,7H,1H3. The fourth-order valence-corrected chi connectivity index (χ4v) is 0.937. The predicted octanol–water partition coefficient (Wildman–Crippen LogP) is 1.74. The molecule has 1 aliphatic rings. The SMILES string of the molecule is CC1OC1c1ccco1. The lowest BCUT2D eigenvalue weighted by Crippen LogP contribution is -1.76. The molecule has 48 valence electrons. The molecule has 1 aromatic rings. The van der Waals surface area contributed by atoms with E-state index >= 15 is 0 Å². The van der Waals surface area contributed by atoms with E-state index < -0.39 is 0 Å². The molecule has 2 rings (SSSR count). The second-order valence-electron chi connectivity index (χ2n) is 2.28. The third-order valence-electron chi connectivity index (χ3n) is 1.53. The Morgan fingerprint density at radius 3 is 2.78 bits per heavy atom. The molecule has 1 fully saturated rings. The minimum atomic E-state index is 0.236. The predicted molar refractivity (Wildman–Crippen MR) is 32.0 cm³/mol. The maximum atomic E-state index is 5.17. The quantitative estimate of drug-likeness (QED) is 0.533. The van der Waals surface area contributed by atoms with Crippen molar-refractivity contribution in [2.24, 2.45) is 0 Å². The lowest BCUT2D eigenvalue weighted by atomic mass is 10.3. The Kier molecular flexibility index (Phi) is 0.904. The van der Waals surface area contributed by atoms with Gasteiger partial charge in [-0.25, -0.2) is 0 Å². The van der Waals surface area contributed by atoms with Crippen LogP contribution >= 0.6 is 0 Å². The zero-order chi connectivity index (χ0) is 6.27. The highest BCUT2D eigenvalue weighted by Crippen LogP contribution is 2.37. The number of hydrogen-bond donors (Lipinski definition) is 0. The zero-order valence-corrected chi connectivity index (χ0v) is 5.20. The zero-order valence-electron chi connectivity index (χ0n) is 5.20. The molecule has 0 aliphatic carbocycles. The van der Waals surface area contributed by atoms with Gasteiger partial charge in [0.15, 0.2) is 0 Å². The van der Waals surface area contributed by atoms with Crippen LogP contribution in [0.2, 0.25) is 0 Å². The second-order valence-corrected chi connectivity index (χ2v) is 2.28. The number of furan rings is 1. The third kappa shape index (κ3) is 0.754. The van der Waals surface area contributed by atoms with Crippen molar-refractivity contribution >= 4 is 0 Å². The van der Waals surface area contributed by atoms with E-state index in [4.69, 9.17) is 9.15 Å². The molecule has 1 aromatic heterocycles. The first-order valence-corrected chi connectivity index (χ1v) is 3.07. The van der Waals surface area contributed by atoms with Gasteiger partial charge in [0.2, 0.25) is 0 Å². The Bertz CT molecular complexity index is 191. The highest BCUT2D eigenvalue weighted by atomic mass is 16.6. The molecule has 2 unspecified atom stereocenters. The van der Waals surface area contributed by atoms with Gasteiger partial charge in [-0.3, -0.25) is 0 Å². The molecule has 0 bridgehead atoms. The average Bonchev–Trinajstić information content (AvgIpc) is 2.44. The fourth-order valence-electron chi connectivity index (χ4n) is 0.937. The van der Waals surface area contributed by atoms with Crippen LogP contribution in [0.5, 0.6) is 0 Å². The van der Waals surface area contributed by atoms with Gasteiger partial charge in [-0.05, 0) is 19.1 Å². The van der Waals surface area contributed by atoms with Crippen LogP contribution in [0.3, 0.4) is 0 Å². The van der Waals surface area contributed by atoms with E-state index in [0.29, 0.717) is 6.10 Å². The van der Waals surface area contributed by atoms with E-state index in [-0.39, 0.29) is 6.10 Å². The van der Waals surface area contributed by atoms with Gasteiger partial charge in [-0.15, -0.1) is 0 Å². The Balaban J connectivity index is 2.18. The maximum Gasteiger partial charge on any atom is 0.141 e. The van der Waals surface area contributed by atoms with Crippen LogP contribution in [0.1, 0.15) is 18.8 Å². The lowest BCUT2D eigenvalue weighted by molar-refractivity contribution is 0.353. The van der Waals surface area contributed by atoms with Gasteiger partial charge in [-0.2, -0.15) is 0 Å². The summed E-state index contributed by atoms with van der Waals surface area (Å²) in [5.41, 5.74) is 0. The van der Waals surface area contributed by atoms with Gasteiger partial charge in [-0.1, -0.05) is 0 Å². The minimum Gasteiger partial charge on any atom is -0.466 e. The molecule has 2 atom stereocenters. The Labute approximate surface area is 53.4 Å². The maximum absolute atomic E-state index is 5.17.